The molecule has 0 aliphatic carbocycles. The Morgan fingerprint density at radius 2 is 2.04 bits per heavy atom. The summed E-state index contributed by atoms with van der Waals surface area (Å²) in [6.45, 7) is 3.38. The summed E-state index contributed by atoms with van der Waals surface area (Å²) in [5, 5.41) is 8.73. The van der Waals surface area contributed by atoms with Gasteiger partial charge in [-0.2, -0.15) is 0 Å². The molecule has 1 aliphatic rings. The van der Waals surface area contributed by atoms with Crippen LogP contribution in [0.3, 0.4) is 0 Å². The third-order valence-electron chi connectivity index (χ3n) is 4.86. The molecule has 26 heavy (non-hydrogen) atoms. The maximum Gasteiger partial charge on any atom is 0.274 e. The zero-order chi connectivity index (χ0) is 18.4. The molecule has 0 saturated carbocycles. The number of fused-ring (bicyclic) bond motifs is 3. The smallest absolute Gasteiger partial charge is 0.274 e. The van der Waals surface area contributed by atoms with Crippen LogP contribution in [0.4, 0.5) is 0 Å². The predicted octanol–water partition coefficient (Wildman–Crippen LogP) is 2.81. The fourth-order valence-electron chi connectivity index (χ4n) is 3.52. The van der Waals surface area contributed by atoms with E-state index in [9.17, 15) is 9.59 Å². The van der Waals surface area contributed by atoms with Gasteiger partial charge in [-0.05, 0) is 37.1 Å². The molecule has 0 atom stereocenters. The van der Waals surface area contributed by atoms with Crippen molar-refractivity contribution in [3.63, 3.8) is 0 Å². The van der Waals surface area contributed by atoms with Gasteiger partial charge in [0.15, 0.2) is 0 Å². The maximum atomic E-state index is 12.8. The van der Waals surface area contributed by atoms with Gasteiger partial charge in [-0.15, -0.1) is 11.3 Å². The highest BCUT2D eigenvalue weighted by molar-refractivity contribution is 7.19. The standard InChI is InChI=1S/C19H19N3O3S/c1-11-9-15-17(26-11)14-7-8-21(2)19(24)16(14)22(15)10-12-3-5-13(6-4-12)18(23)20-25/h3-6,9,25H,7-8,10H2,1-2H3,(H,20,23). The number of aromatic nitrogens is 1. The zero-order valence-corrected chi connectivity index (χ0v) is 15.4. The molecule has 0 unspecified atom stereocenters. The minimum absolute atomic E-state index is 0.0589. The summed E-state index contributed by atoms with van der Waals surface area (Å²) in [4.78, 5) is 27.3. The molecule has 0 spiro atoms. The molecule has 0 radical (unpaired) electrons. The van der Waals surface area contributed by atoms with Crippen LogP contribution in [0.1, 0.15) is 36.9 Å². The van der Waals surface area contributed by atoms with Gasteiger partial charge in [0.25, 0.3) is 11.8 Å². The molecule has 2 N–H and O–H groups in total. The van der Waals surface area contributed by atoms with E-state index in [0.29, 0.717) is 12.1 Å². The predicted molar refractivity (Wildman–Crippen MR) is 100 cm³/mol. The van der Waals surface area contributed by atoms with Crippen molar-refractivity contribution in [3.8, 4) is 0 Å². The molecular formula is C19H19N3O3S. The second-order valence-electron chi connectivity index (χ2n) is 6.60. The summed E-state index contributed by atoms with van der Waals surface area (Å²) in [5.74, 6) is -0.480. The van der Waals surface area contributed by atoms with Gasteiger partial charge < -0.3 is 9.47 Å². The summed E-state index contributed by atoms with van der Waals surface area (Å²) >= 11 is 1.74. The number of likely N-dealkylation sites (N-methyl/N-ethyl adjacent to an activating group) is 1. The lowest BCUT2D eigenvalue weighted by molar-refractivity contribution is 0.0706. The van der Waals surface area contributed by atoms with Gasteiger partial charge in [-0.1, -0.05) is 12.1 Å². The summed E-state index contributed by atoms with van der Waals surface area (Å²) in [6.07, 6.45) is 0.872. The first-order valence-corrected chi connectivity index (χ1v) is 9.21. The van der Waals surface area contributed by atoms with Crippen LogP contribution in [0.25, 0.3) is 10.2 Å². The molecule has 2 aromatic heterocycles. The van der Waals surface area contributed by atoms with E-state index >= 15 is 0 Å². The zero-order valence-electron chi connectivity index (χ0n) is 14.6. The van der Waals surface area contributed by atoms with Crippen molar-refractivity contribution >= 4 is 33.4 Å². The van der Waals surface area contributed by atoms with E-state index in [1.165, 1.54) is 9.58 Å². The SMILES string of the molecule is Cc1cc2c(s1)c1c(n2Cc2ccc(C(=O)NO)cc2)C(=O)N(C)CC1. The molecule has 134 valence electrons. The molecular weight excluding hydrogens is 350 g/mol. The quantitative estimate of drug-likeness (QED) is 0.551. The fourth-order valence-corrected chi connectivity index (χ4v) is 4.61. The molecule has 6 nitrogen and oxygen atoms in total. The third-order valence-corrected chi connectivity index (χ3v) is 5.96. The number of nitrogens with zero attached hydrogens (tertiary/aromatic N) is 2. The lowest BCUT2D eigenvalue weighted by Crippen LogP contribution is -2.35. The Morgan fingerprint density at radius 1 is 1.31 bits per heavy atom. The monoisotopic (exact) mass is 369 g/mol. The average molecular weight is 369 g/mol. The number of benzene rings is 1. The van der Waals surface area contributed by atoms with E-state index in [0.717, 1.165) is 35.3 Å². The highest BCUT2D eigenvalue weighted by Crippen LogP contribution is 2.36. The van der Waals surface area contributed by atoms with Crippen LogP contribution < -0.4 is 5.48 Å². The fraction of sp³-hybridized carbons (Fsp3) is 0.263. The molecule has 1 aliphatic heterocycles. The number of hydrogen-bond donors (Lipinski definition) is 2. The lowest BCUT2D eigenvalue weighted by atomic mass is 10.1. The van der Waals surface area contributed by atoms with E-state index in [1.807, 2.05) is 19.2 Å². The molecule has 7 heteroatoms. The number of thiophene rings is 1. The number of carbonyl (C=O) groups is 2. The Bertz CT molecular complexity index is 1020. The first kappa shape index (κ1) is 16.8. The van der Waals surface area contributed by atoms with E-state index in [-0.39, 0.29) is 5.91 Å². The van der Waals surface area contributed by atoms with Crippen molar-refractivity contribution < 1.29 is 14.8 Å². The molecule has 3 heterocycles. The largest absolute Gasteiger partial charge is 0.340 e. The van der Waals surface area contributed by atoms with Gasteiger partial charge in [0.1, 0.15) is 5.69 Å². The van der Waals surface area contributed by atoms with Crippen molar-refractivity contribution in [2.24, 2.45) is 0 Å². The Kier molecular flexibility index (Phi) is 4.05. The van der Waals surface area contributed by atoms with E-state index in [2.05, 4.69) is 17.6 Å². The van der Waals surface area contributed by atoms with Crippen LogP contribution >= 0.6 is 11.3 Å². The molecule has 3 aromatic rings. The molecule has 4 rings (SSSR count). The van der Waals surface area contributed by atoms with Crippen molar-refractivity contribution in [1.82, 2.24) is 14.9 Å². The molecule has 0 bridgehead atoms. The topological polar surface area (TPSA) is 74.6 Å². The highest BCUT2D eigenvalue weighted by atomic mass is 32.1. The summed E-state index contributed by atoms with van der Waals surface area (Å²) in [6, 6.07) is 9.17. The second kappa shape index (κ2) is 6.26. The minimum Gasteiger partial charge on any atom is -0.340 e. The van der Waals surface area contributed by atoms with Gasteiger partial charge in [-0.3, -0.25) is 14.8 Å². The third kappa shape index (κ3) is 2.60. The van der Waals surface area contributed by atoms with Crippen LogP contribution in [-0.2, 0) is 13.0 Å². The molecule has 0 fully saturated rings. The number of aryl methyl sites for hydroxylation is 1. The van der Waals surface area contributed by atoms with Gasteiger partial charge in [0.05, 0.1) is 10.2 Å². The summed E-state index contributed by atoms with van der Waals surface area (Å²) in [5.41, 5.74) is 6.03. The minimum atomic E-state index is -0.539. The second-order valence-corrected chi connectivity index (χ2v) is 7.86. The number of nitrogens with one attached hydrogen (secondary N) is 1. The van der Waals surface area contributed by atoms with Crippen LogP contribution in [0.2, 0.25) is 0 Å². The maximum absolute atomic E-state index is 12.8. The Morgan fingerprint density at radius 3 is 2.73 bits per heavy atom. The van der Waals surface area contributed by atoms with Crippen molar-refractivity contribution in [2.45, 2.75) is 19.9 Å². The Hall–Kier alpha value is -2.64. The number of rotatable bonds is 3. The molecule has 2 amide bonds. The normalized spacial score (nSPS) is 14.0. The molecule has 1 aromatic carbocycles. The van der Waals surface area contributed by atoms with Crippen LogP contribution in [0.5, 0.6) is 0 Å². The van der Waals surface area contributed by atoms with E-state index in [4.69, 9.17) is 5.21 Å². The van der Waals surface area contributed by atoms with Gasteiger partial charge in [0, 0.05) is 36.1 Å². The number of carbonyl (C=O) groups excluding carboxylic acids is 2. The van der Waals surface area contributed by atoms with Crippen LogP contribution in [-0.4, -0.2) is 40.1 Å². The highest BCUT2D eigenvalue weighted by Gasteiger charge is 2.30. The number of amides is 2. The first-order chi connectivity index (χ1) is 12.5. The Labute approximate surface area is 154 Å². The van der Waals surface area contributed by atoms with Crippen molar-refractivity contribution in [3.05, 3.63) is 57.6 Å². The number of hydroxylamine groups is 1. The van der Waals surface area contributed by atoms with Crippen LogP contribution in [0, 0.1) is 6.92 Å². The Balaban J connectivity index is 1.79. The van der Waals surface area contributed by atoms with Crippen molar-refractivity contribution in [1.29, 1.82) is 0 Å². The van der Waals surface area contributed by atoms with E-state index < -0.39 is 5.91 Å². The first-order valence-electron chi connectivity index (χ1n) is 8.40. The molecule has 0 saturated heterocycles. The van der Waals surface area contributed by atoms with Gasteiger partial charge >= 0.3 is 0 Å². The summed E-state index contributed by atoms with van der Waals surface area (Å²) in [7, 11) is 1.84. The summed E-state index contributed by atoms with van der Waals surface area (Å²) < 4.78 is 3.29. The van der Waals surface area contributed by atoms with Gasteiger partial charge in [0.2, 0.25) is 0 Å². The average Bonchev–Trinajstić information content (AvgIpc) is 3.15. The number of hydrogen-bond acceptors (Lipinski definition) is 4. The van der Waals surface area contributed by atoms with Crippen molar-refractivity contribution in [2.75, 3.05) is 13.6 Å². The van der Waals surface area contributed by atoms with Crippen LogP contribution in [0.15, 0.2) is 30.3 Å². The van der Waals surface area contributed by atoms with E-state index in [1.54, 1.807) is 33.8 Å². The lowest BCUT2D eigenvalue weighted by Gasteiger charge is -2.24. The van der Waals surface area contributed by atoms with Gasteiger partial charge in [-0.25, -0.2) is 5.48 Å².